The second kappa shape index (κ2) is 9.27. The van der Waals surface area contributed by atoms with Gasteiger partial charge in [0, 0.05) is 55.0 Å². The van der Waals surface area contributed by atoms with Crippen LogP contribution < -0.4 is 9.47 Å². The van der Waals surface area contributed by atoms with E-state index in [0.717, 1.165) is 53.8 Å². The summed E-state index contributed by atoms with van der Waals surface area (Å²) >= 11 is 0. The van der Waals surface area contributed by atoms with Gasteiger partial charge in [-0.2, -0.15) is 0 Å². The fraction of sp³-hybridized carbons (Fsp3) is 0.520. The average Bonchev–Trinajstić information content (AvgIpc) is 2.78. The molecule has 0 saturated carbocycles. The Kier molecular flexibility index (Phi) is 6.46. The molecule has 0 fully saturated rings. The minimum atomic E-state index is -0.339. The molecule has 0 unspecified atom stereocenters. The summed E-state index contributed by atoms with van der Waals surface area (Å²) in [5.74, 6) is 1.24. The van der Waals surface area contributed by atoms with Crippen LogP contribution in [0.25, 0.3) is 0 Å². The fourth-order valence-electron chi connectivity index (χ4n) is 5.14. The van der Waals surface area contributed by atoms with E-state index in [1.54, 1.807) is 14.2 Å². The monoisotopic (exact) mass is 425 g/mol. The van der Waals surface area contributed by atoms with E-state index in [1.807, 2.05) is 25.1 Å². The summed E-state index contributed by atoms with van der Waals surface area (Å²) in [4.78, 5) is 28.7. The number of hydrogen-bond acceptors (Lipinski definition) is 6. The van der Waals surface area contributed by atoms with Crippen LogP contribution in [0, 0.1) is 0 Å². The van der Waals surface area contributed by atoms with Crippen LogP contribution in [-0.4, -0.2) is 50.4 Å². The Labute approximate surface area is 183 Å². The van der Waals surface area contributed by atoms with Crippen molar-refractivity contribution in [2.45, 2.75) is 51.4 Å². The van der Waals surface area contributed by atoms with Gasteiger partial charge in [-0.15, -0.1) is 0 Å². The smallest absolute Gasteiger partial charge is 0.161 e. The molecule has 1 aliphatic heterocycles. The first-order valence-corrected chi connectivity index (χ1v) is 11.2. The molecular formula is C25H31NO5. The zero-order valence-electron chi connectivity index (χ0n) is 18.7. The van der Waals surface area contributed by atoms with Crippen LogP contribution >= 0.6 is 0 Å². The first-order valence-electron chi connectivity index (χ1n) is 11.2. The Bertz CT molecular complexity index is 901. The number of Topliss-reactive ketones (excluding diaryl/α,β-unsaturated/α-hetero) is 2. The molecule has 1 aromatic rings. The Morgan fingerprint density at radius 3 is 2.13 bits per heavy atom. The van der Waals surface area contributed by atoms with Crippen LogP contribution in [0.2, 0.25) is 0 Å². The molecule has 0 saturated heterocycles. The average molecular weight is 426 g/mol. The number of rotatable bonds is 7. The van der Waals surface area contributed by atoms with Crippen LogP contribution in [0.3, 0.4) is 0 Å². The Morgan fingerprint density at radius 1 is 0.935 bits per heavy atom. The Balaban J connectivity index is 1.89. The normalized spacial score (nSPS) is 19.5. The maximum atomic E-state index is 13.2. The molecule has 3 aliphatic rings. The number of ketones is 2. The van der Waals surface area contributed by atoms with Crippen molar-refractivity contribution in [2.24, 2.45) is 0 Å². The third-order valence-electron chi connectivity index (χ3n) is 6.43. The number of carbonyl (C=O) groups excluding carboxylic acids is 2. The zero-order valence-corrected chi connectivity index (χ0v) is 18.7. The molecule has 0 bridgehead atoms. The second-order valence-electron chi connectivity index (χ2n) is 8.19. The molecule has 6 heteroatoms. The van der Waals surface area contributed by atoms with Crippen molar-refractivity contribution in [3.8, 4) is 11.5 Å². The number of benzene rings is 1. The fourth-order valence-corrected chi connectivity index (χ4v) is 5.14. The van der Waals surface area contributed by atoms with E-state index in [4.69, 9.17) is 14.2 Å². The summed E-state index contributed by atoms with van der Waals surface area (Å²) in [6.45, 7) is 3.68. The summed E-state index contributed by atoms with van der Waals surface area (Å²) in [7, 11) is 3.30. The van der Waals surface area contributed by atoms with Crippen molar-refractivity contribution >= 4 is 11.6 Å². The number of nitrogens with zero attached hydrogens (tertiary/aromatic N) is 1. The maximum Gasteiger partial charge on any atom is 0.161 e. The molecule has 4 rings (SSSR count). The topological polar surface area (TPSA) is 65.1 Å². The van der Waals surface area contributed by atoms with Crippen LogP contribution in [0.5, 0.6) is 11.5 Å². The van der Waals surface area contributed by atoms with Crippen molar-refractivity contribution < 1.29 is 23.8 Å². The van der Waals surface area contributed by atoms with Gasteiger partial charge in [0.1, 0.15) is 0 Å². The minimum Gasteiger partial charge on any atom is -0.493 e. The van der Waals surface area contributed by atoms with E-state index in [-0.39, 0.29) is 17.5 Å². The van der Waals surface area contributed by atoms with E-state index < -0.39 is 0 Å². The van der Waals surface area contributed by atoms with Gasteiger partial charge < -0.3 is 19.1 Å². The van der Waals surface area contributed by atoms with Crippen LogP contribution in [0.1, 0.15) is 56.9 Å². The molecule has 0 spiro atoms. The van der Waals surface area contributed by atoms with Gasteiger partial charge in [-0.05, 0) is 50.3 Å². The molecule has 0 aromatic heterocycles. The van der Waals surface area contributed by atoms with Crippen molar-refractivity contribution in [1.82, 2.24) is 4.90 Å². The van der Waals surface area contributed by atoms with E-state index in [9.17, 15) is 9.59 Å². The van der Waals surface area contributed by atoms with Crippen molar-refractivity contribution in [3.05, 3.63) is 46.3 Å². The number of allylic oxidation sites excluding steroid dienone is 4. The van der Waals surface area contributed by atoms with Gasteiger partial charge >= 0.3 is 0 Å². The minimum absolute atomic E-state index is 0.145. The summed E-state index contributed by atoms with van der Waals surface area (Å²) < 4.78 is 16.6. The van der Waals surface area contributed by atoms with E-state index in [0.29, 0.717) is 44.1 Å². The van der Waals surface area contributed by atoms with Gasteiger partial charge in [-0.3, -0.25) is 9.59 Å². The highest BCUT2D eigenvalue weighted by atomic mass is 16.5. The van der Waals surface area contributed by atoms with Crippen LogP contribution in [-0.2, 0) is 14.3 Å². The predicted octanol–water partition coefficient (Wildman–Crippen LogP) is 4.15. The molecule has 1 aromatic carbocycles. The molecule has 0 atom stereocenters. The number of methoxy groups -OCH3 is 2. The van der Waals surface area contributed by atoms with Crippen molar-refractivity contribution in [2.75, 3.05) is 34.0 Å². The van der Waals surface area contributed by atoms with Crippen LogP contribution in [0.15, 0.2) is 40.7 Å². The second-order valence-corrected chi connectivity index (χ2v) is 8.19. The van der Waals surface area contributed by atoms with E-state index in [2.05, 4.69) is 4.90 Å². The molecule has 0 amide bonds. The van der Waals surface area contributed by atoms with Gasteiger partial charge in [0.15, 0.2) is 23.1 Å². The highest BCUT2D eigenvalue weighted by molar-refractivity contribution is 6.06. The SMILES string of the molecule is CCOc1ccc(C2C3=C(CCCC3=O)N(CCOC)C3=C2C(=O)CCC3)cc1OC. The molecular weight excluding hydrogens is 394 g/mol. The lowest BCUT2D eigenvalue weighted by Gasteiger charge is -2.44. The molecule has 6 nitrogen and oxygen atoms in total. The summed E-state index contributed by atoms with van der Waals surface area (Å²) in [6, 6.07) is 5.79. The third-order valence-corrected chi connectivity index (χ3v) is 6.43. The summed E-state index contributed by atoms with van der Waals surface area (Å²) in [6.07, 6.45) is 4.44. The molecule has 2 aliphatic carbocycles. The summed E-state index contributed by atoms with van der Waals surface area (Å²) in [5, 5.41) is 0. The van der Waals surface area contributed by atoms with Gasteiger partial charge in [0.25, 0.3) is 0 Å². The Hall–Kier alpha value is -2.60. The van der Waals surface area contributed by atoms with Crippen molar-refractivity contribution in [3.63, 3.8) is 0 Å². The van der Waals surface area contributed by atoms with E-state index in [1.165, 1.54) is 0 Å². The van der Waals surface area contributed by atoms with Crippen LogP contribution in [0.4, 0.5) is 0 Å². The quantitative estimate of drug-likeness (QED) is 0.654. The van der Waals surface area contributed by atoms with Gasteiger partial charge in [0.05, 0.1) is 20.3 Å². The highest BCUT2D eigenvalue weighted by Crippen LogP contribution is 2.49. The van der Waals surface area contributed by atoms with Crippen molar-refractivity contribution in [1.29, 1.82) is 0 Å². The predicted molar refractivity (Wildman–Crippen MR) is 117 cm³/mol. The first-order chi connectivity index (χ1) is 15.1. The largest absolute Gasteiger partial charge is 0.493 e. The van der Waals surface area contributed by atoms with Gasteiger partial charge in [-0.25, -0.2) is 0 Å². The summed E-state index contributed by atoms with van der Waals surface area (Å²) in [5.41, 5.74) is 4.61. The molecule has 166 valence electrons. The number of hydrogen-bond donors (Lipinski definition) is 0. The number of carbonyl (C=O) groups is 2. The molecule has 1 heterocycles. The Morgan fingerprint density at radius 2 is 1.58 bits per heavy atom. The zero-order chi connectivity index (χ0) is 22.0. The lowest BCUT2D eigenvalue weighted by molar-refractivity contribution is -0.117. The lowest BCUT2D eigenvalue weighted by Crippen LogP contribution is -2.40. The molecule has 0 radical (unpaired) electrons. The molecule has 0 N–H and O–H groups in total. The third kappa shape index (κ3) is 3.89. The van der Waals surface area contributed by atoms with Gasteiger partial charge in [-0.1, -0.05) is 6.07 Å². The molecule has 31 heavy (non-hydrogen) atoms. The maximum absolute atomic E-state index is 13.2. The van der Waals surface area contributed by atoms with Gasteiger partial charge in [0.2, 0.25) is 0 Å². The number of ether oxygens (including phenoxy) is 3. The first kappa shape index (κ1) is 21.6. The standard InChI is InChI=1S/C25H31NO5/c1-4-31-21-12-11-16(15-22(21)30-3)23-24-17(7-5-9-19(24)27)26(13-14-29-2)18-8-6-10-20(28)25(18)23/h11-12,15,23H,4-10,13-14H2,1-3H3. The highest BCUT2D eigenvalue weighted by Gasteiger charge is 2.43. The lowest BCUT2D eigenvalue weighted by atomic mass is 9.71. The van der Waals surface area contributed by atoms with E-state index >= 15 is 0 Å².